The normalized spacial score (nSPS) is 14.5. The van der Waals surface area contributed by atoms with Gasteiger partial charge in [0.05, 0.1) is 24.4 Å². The number of hydrogen-bond donors (Lipinski definition) is 0. The molecule has 1 aliphatic heterocycles. The van der Waals surface area contributed by atoms with Gasteiger partial charge in [-0.05, 0) is 61.0 Å². The monoisotopic (exact) mass is 592 g/mol. The molecule has 0 aliphatic carbocycles. The summed E-state index contributed by atoms with van der Waals surface area (Å²) in [6.45, 7) is 2.78. The third-order valence-electron chi connectivity index (χ3n) is 6.07. The van der Waals surface area contributed by atoms with Crippen LogP contribution in [0.25, 0.3) is 21.9 Å². The van der Waals surface area contributed by atoms with E-state index in [9.17, 15) is 9.59 Å². The number of hydrogen-bond acceptors (Lipinski definition) is 6. The molecule has 0 spiro atoms. The second-order valence-corrected chi connectivity index (χ2v) is 10.6. The Bertz CT molecular complexity index is 1800. The number of carbonyl (C=O) groups excluding carboxylic acids is 1. The van der Waals surface area contributed by atoms with Crippen molar-refractivity contribution in [2.45, 2.75) is 13.5 Å². The van der Waals surface area contributed by atoms with Crippen LogP contribution in [0.5, 0.6) is 5.75 Å². The van der Waals surface area contributed by atoms with Gasteiger partial charge in [0.25, 0.3) is 11.5 Å². The number of amides is 1. The van der Waals surface area contributed by atoms with Crippen LogP contribution in [-0.4, -0.2) is 27.1 Å². The first-order valence-corrected chi connectivity index (χ1v) is 13.5. The second kappa shape index (κ2) is 9.41. The first-order valence-electron chi connectivity index (χ1n) is 11.5. The summed E-state index contributed by atoms with van der Waals surface area (Å²) in [6, 6.07) is 20.4. The van der Waals surface area contributed by atoms with Crippen LogP contribution in [0.15, 0.2) is 76.0 Å². The van der Waals surface area contributed by atoms with E-state index in [-0.39, 0.29) is 18.0 Å². The van der Waals surface area contributed by atoms with E-state index in [1.54, 1.807) is 11.0 Å². The minimum atomic E-state index is -0.376. The Kier molecular flexibility index (Phi) is 6.06. The summed E-state index contributed by atoms with van der Waals surface area (Å²) >= 11 is 11.0. The molecular formula is C27H18BrClN4O3S. The van der Waals surface area contributed by atoms with Gasteiger partial charge in [0.1, 0.15) is 10.3 Å². The molecule has 0 saturated heterocycles. The molecule has 6 rings (SSSR count). The molecule has 7 nitrogen and oxygen atoms in total. The van der Waals surface area contributed by atoms with Crippen LogP contribution in [0, 0.1) is 0 Å². The van der Waals surface area contributed by atoms with Crippen LogP contribution >= 0.6 is 38.9 Å². The van der Waals surface area contributed by atoms with Gasteiger partial charge in [0, 0.05) is 20.6 Å². The van der Waals surface area contributed by atoms with Crippen molar-refractivity contribution >= 4 is 61.0 Å². The maximum atomic E-state index is 13.8. The molecule has 0 atom stereocenters. The fourth-order valence-electron chi connectivity index (χ4n) is 4.35. The largest absolute Gasteiger partial charge is 0.494 e. The van der Waals surface area contributed by atoms with E-state index < -0.39 is 0 Å². The smallest absolute Gasteiger partial charge is 0.291 e. The highest BCUT2D eigenvalue weighted by molar-refractivity contribution is 9.10. The molecule has 3 heterocycles. The predicted molar refractivity (Wildman–Crippen MR) is 148 cm³/mol. The average Bonchev–Trinajstić information content (AvgIpc) is 3.52. The molecule has 37 heavy (non-hydrogen) atoms. The molecule has 1 aliphatic rings. The minimum Gasteiger partial charge on any atom is -0.494 e. The van der Waals surface area contributed by atoms with Crippen molar-refractivity contribution < 1.29 is 9.53 Å². The quantitative estimate of drug-likeness (QED) is 0.284. The molecule has 2 aromatic heterocycles. The number of halogens is 2. The highest BCUT2D eigenvalue weighted by Gasteiger charge is 2.35. The van der Waals surface area contributed by atoms with Gasteiger partial charge in [-0.25, -0.2) is 0 Å². The molecule has 0 saturated carbocycles. The van der Waals surface area contributed by atoms with E-state index in [1.165, 1.54) is 4.52 Å². The summed E-state index contributed by atoms with van der Waals surface area (Å²) in [5.41, 5.74) is 2.95. The first kappa shape index (κ1) is 23.8. The summed E-state index contributed by atoms with van der Waals surface area (Å²) in [5, 5.41) is 5.02. The van der Waals surface area contributed by atoms with Crippen molar-refractivity contribution in [1.29, 1.82) is 0 Å². The van der Waals surface area contributed by atoms with Crippen molar-refractivity contribution in [2.75, 3.05) is 11.5 Å². The maximum absolute atomic E-state index is 13.8. The van der Waals surface area contributed by atoms with Gasteiger partial charge in [0.15, 0.2) is 5.82 Å². The number of nitrogens with zero attached hydrogens (tertiary/aromatic N) is 4. The number of anilines is 1. The van der Waals surface area contributed by atoms with Crippen molar-refractivity contribution in [3.63, 3.8) is 0 Å². The van der Waals surface area contributed by atoms with Gasteiger partial charge < -0.3 is 9.64 Å². The van der Waals surface area contributed by atoms with E-state index in [0.29, 0.717) is 38.1 Å². The molecule has 0 radical (unpaired) electrons. The highest BCUT2D eigenvalue weighted by atomic mass is 79.9. The number of rotatable bonds is 5. The lowest BCUT2D eigenvalue weighted by atomic mass is 10.1. The lowest BCUT2D eigenvalue weighted by Crippen LogP contribution is -2.32. The Labute approximate surface area is 228 Å². The number of benzene rings is 3. The summed E-state index contributed by atoms with van der Waals surface area (Å²) in [6.07, 6.45) is 0. The van der Waals surface area contributed by atoms with Crippen molar-refractivity contribution in [3.8, 4) is 17.1 Å². The summed E-state index contributed by atoms with van der Waals surface area (Å²) in [7, 11) is 0. The van der Waals surface area contributed by atoms with Gasteiger partial charge in [-0.2, -0.15) is 9.50 Å². The topological polar surface area (TPSA) is 76.8 Å². The third kappa shape index (κ3) is 4.13. The second-order valence-electron chi connectivity index (χ2n) is 8.34. The number of ether oxygens (including phenoxy) is 1. The van der Waals surface area contributed by atoms with Gasteiger partial charge in [-0.1, -0.05) is 57.1 Å². The molecule has 0 unspecified atom stereocenters. The van der Waals surface area contributed by atoms with Crippen molar-refractivity contribution in [1.82, 2.24) is 14.6 Å². The van der Waals surface area contributed by atoms with Gasteiger partial charge >= 0.3 is 0 Å². The Hall–Kier alpha value is -3.53. The fourth-order valence-corrected chi connectivity index (χ4v) is 5.91. The standard InChI is InChI=1S/C27H18BrClN4O3S/c1-2-36-18-10-7-15(8-11-18)24-30-27-33(31-24)26(35)23(37-27)22-19-13-17(28)9-12-21(19)32(25(22)34)14-16-5-3-4-6-20(16)29/h3-13H,2,14H2,1H3/b23-22-. The van der Waals surface area contributed by atoms with Crippen molar-refractivity contribution in [2.24, 2.45) is 0 Å². The van der Waals surface area contributed by atoms with Crippen LogP contribution in [0.2, 0.25) is 5.02 Å². The fraction of sp³-hybridized carbons (Fsp3) is 0.111. The summed E-state index contributed by atoms with van der Waals surface area (Å²) in [5.74, 6) is 0.923. The highest BCUT2D eigenvalue weighted by Crippen LogP contribution is 2.38. The van der Waals surface area contributed by atoms with Crippen LogP contribution in [0.3, 0.4) is 0 Å². The first-order chi connectivity index (χ1) is 17.9. The van der Waals surface area contributed by atoms with E-state index >= 15 is 0 Å². The number of carbonyl (C=O) groups is 1. The zero-order valence-corrected chi connectivity index (χ0v) is 22.6. The van der Waals surface area contributed by atoms with Gasteiger partial charge in [0.2, 0.25) is 4.96 Å². The van der Waals surface area contributed by atoms with E-state index in [0.717, 1.165) is 38.4 Å². The third-order valence-corrected chi connectivity index (χ3v) is 7.96. The molecule has 10 heteroatoms. The van der Waals surface area contributed by atoms with Gasteiger partial charge in [-0.3, -0.25) is 9.59 Å². The molecule has 1 amide bonds. The molecule has 5 aromatic rings. The van der Waals surface area contributed by atoms with Crippen LogP contribution in [0.1, 0.15) is 18.1 Å². The summed E-state index contributed by atoms with van der Waals surface area (Å²) < 4.78 is 7.86. The molecule has 0 N–H and O–H groups in total. The Morgan fingerprint density at radius 2 is 1.84 bits per heavy atom. The van der Waals surface area contributed by atoms with Crippen LogP contribution in [-0.2, 0) is 11.3 Å². The number of thiazole rings is 1. The zero-order valence-electron chi connectivity index (χ0n) is 19.4. The Morgan fingerprint density at radius 1 is 1.05 bits per heavy atom. The molecule has 0 fully saturated rings. The SMILES string of the molecule is CCOc1ccc(-c2nc3s/c(=C4\C(=O)N(Cc5ccccc5Cl)c5ccc(Br)cc54)c(=O)n3n2)cc1. The number of aromatic nitrogens is 3. The molecule has 184 valence electrons. The summed E-state index contributed by atoms with van der Waals surface area (Å²) in [4.78, 5) is 33.9. The predicted octanol–water partition coefficient (Wildman–Crippen LogP) is 5.10. The minimum absolute atomic E-state index is 0.263. The maximum Gasteiger partial charge on any atom is 0.291 e. The zero-order chi connectivity index (χ0) is 25.7. The van der Waals surface area contributed by atoms with E-state index in [1.807, 2.05) is 67.6 Å². The van der Waals surface area contributed by atoms with E-state index in [2.05, 4.69) is 26.0 Å². The Morgan fingerprint density at radius 3 is 2.57 bits per heavy atom. The Balaban J connectivity index is 1.46. The molecule has 0 bridgehead atoms. The van der Waals surface area contributed by atoms with Gasteiger partial charge in [-0.15, -0.1) is 5.10 Å². The lowest BCUT2D eigenvalue weighted by molar-refractivity contribution is -0.113. The average molecular weight is 594 g/mol. The van der Waals surface area contributed by atoms with Crippen LogP contribution in [0.4, 0.5) is 5.69 Å². The molecule has 3 aromatic carbocycles. The lowest BCUT2D eigenvalue weighted by Gasteiger charge is -2.18. The number of fused-ring (bicyclic) bond motifs is 2. The van der Waals surface area contributed by atoms with Crippen LogP contribution < -0.4 is 19.7 Å². The van der Waals surface area contributed by atoms with Crippen molar-refractivity contribution in [3.05, 3.63) is 102 Å². The molecular weight excluding hydrogens is 576 g/mol. The van der Waals surface area contributed by atoms with E-state index in [4.69, 9.17) is 16.3 Å².